The number of benzene rings is 2. The average molecular weight is 418 g/mol. The van der Waals surface area contributed by atoms with Gasteiger partial charge in [0.1, 0.15) is 11.5 Å². The SMILES string of the molecule is COc1ccnc(C(=O)Nc2ccc(Oc3ccc(C)cc3)cc2C(F)(F)F)c1O. The van der Waals surface area contributed by atoms with Crippen molar-refractivity contribution in [1.29, 1.82) is 0 Å². The molecule has 0 radical (unpaired) electrons. The van der Waals surface area contributed by atoms with Gasteiger partial charge in [0, 0.05) is 12.3 Å². The summed E-state index contributed by atoms with van der Waals surface area (Å²) < 4.78 is 51.1. The molecule has 0 bridgehead atoms. The molecule has 0 saturated heterocycles. The predicted octanol–water partition coefficient (Wildman–Crippen LogP) is 5.17. The second-order valence-corrected chi connectivity index (χ2v) is 6.28. The molecule has 0 aliphatic heterocycles. The van der Waals surface area contributed by atoms with Crippen LogP contribution in [-0.2, 0) is 6.18 Å². The number of hydrogen-bond acceptors (Lipinski definition) is 5. The van der Waals surface area contributed by atoms with Gasteiger partial charge in [0.05, 0.1) is 18.4 Å². The number of nitrogens with one attached hydrogen (secondary N) is 1. The lowest BCUT2D eigenvalue weighted by Crippen LogP contribution is -2.18. The third-order valence-electron chi connectivity index (χ3n) is 4.12. The number of aromatic hydroxyl groups is 1. The van der Waals surface area contributed by atoms with Crippen molar-refractivity contribution in [3.05, 3.63) is 71.5 Å². The Kier molecular flexibility index (Phi) is 5.81. The number of rotatable bonds is 5. The second-order valence-electron chi connectivity index (χ2n) is 6.28. The third-order valence-corrected chi connectivity index (χ3v) is 4.12. The van der Waals surface area contributed by atoms with E-state index in [9.17, 15) is 23.1 Å². The molecule has 0 unspecified atom stereocenters. The van der Waals surface area contributed by atoms with E-state index in [1.807, 2.05) is 6.92 Å². The van der Waals surface area contributed by atoms with E-state index >= 15 is 0 Å². The molecule has 2 N–H and O–H groups in total. The molecule has 1 aromatic heterocycles. The number of ether oxygens (including phenoxy) is 2. The van der Waals surface area contributed by atoms with Gasteiger partial charge in [-0.1, -0.05) is 17.7 Å². The van der Waals surface area contributed by atoms with E-state index in [1.165, 1.54) is 25.4 Å². The Bertz CT molecular complexity index is 1070. The number of anilines is 1. The molecule has 0 aliphatic rings. The summed E-state index contributed by atoms with van der Waals surface area (Å²) in [6.45, 7) is 1.87. The molecule has 1 heterocycles. The Hall–Kier alpha value is -3.75. The van der Waals surface area contributed by atoms with Crippen molar-refractivity contribution in [2.75, 3.05) is 12.4 Å². The number of aryl methyl sites for hydroxylation is 1. The van der Waals surface area contributed by atoms with E-state index in [1.54, 1.807) is 24.3 Å². The number of hydrogen-bond donors (Lipinski definition) is 2. The highest BCUT2D eigenvalue weighted by molar-refractivity contribution is 6.05. The highest BCUT2D eigenvalue weighted by atomic mass is 19.4. The molecule has 0 atom stereocenters. The van der Waals surface area contributed by atoms with Gasteiger partial charge in [-0.2, -0.15) is 13.2 Å². The van der Waals surface area contributed by atoms with E-state index in [-0.39, 0.29) is 11.5 Å². The molecule has 3 aromatic rings. The lowest BCUT2D eigenvalue weighted by atomic mass is 10.1. The number of carbonyl (C=O) groups excluding carboxylic acids is 1. The van der Waals surface area contributed by atoms with E-state index < -0.39 is 34.8 Å². The van der Waals surface area contributed by atoms with Gasteiger partial charge in [0.25, 0.3) is 5.91 Å². The van der Waals surface area contributed by atoms with Crippen LogP contribution >= 0.6 is 0 Å². The summed E-state index contributed by atoms with van der Waals surface area (Å²) in [4.78, 5) is 16.1. The summed E-state index contributed by atoms with van der Waals surface area (Å²) in [5, 5.41) is 12.1. The van der Waals surface area contributed by atoms with Crippen LogP contribution in [0.15, 0.2) is 54.7 Å². The molecule has 0 fully saturated rings. The molecule has 30 heavy (non-hydrogen) atoms. The molecule has 1 amide bonds. The van der Waals surface area contributed by atoms with Gasteiger partial charge < -0.3 is 19.9 Å². The Morgan fingerprint density at radius 3 is 2.37 bits per heavy atom. The summed E-state index contributed by atoms with van der Waals surface area (Å²) in [7, 11) is 1.27. The number of pyridine rings is 1. The Labute approximate surface area is 169 Å². The smallest absolute Gasteiger partial charge is 0.418 e. The van der Waals surface area contributed by atoms with Crippen molar-refractivity contribution in [2.45, 2.75) is 13.1 Å². The van der Waals surface area contributed by atoms with Crippen LogP contribution in [0.3, 0.4) is 0 Å². The van der Waals surface area contributed by atoms with Crippen LogP contribution in [0.25, 0.3) is 0 Å². The molecule has 0 aliphatic carbocycles. The van der Waals surface area contributed by atoms with Gasteiger partial charge >= 0.3 is 6.18 Å². The molecule has 2 aromatic carbocycles. The van der Waals surface area contributed by atoms with Crippen molar-refractivity contribution >= 4 is 11.6 Å². The molecule has 6 nitrogen and oxygen atoms in total. The largest absolute Gasteiger partial charge is 0.503 e. The van der Waals surface area contributed by atoms with Crippen LogP contribution in [-0.4, -0.2) is 23.1 Å². The number of alkyl halides is 3. The summed E-state index contributed by atoms with van der Waals surface area (Å²) >= 11 is 0. The number of carbonyl (C=O) groups is 1. The van der Waals surface area contributed by atoms with Crippen molar-refractivity contribution in [2.24, 2.45) is 0 Å². The van der Waals surface area contributed by atoms with E-state index in [4.69, 9.17) is 9.47 Å². The number of aromatic nitrogens is 1. The summed E-state index contributed by atoms with van der Waals surface area (Å²) in [5.41, 5.74) is -1.11. The standard InChI is InChI=1S/C21H17F3N2O4/c1-12-3-5-13(6-4-12)30-14-7-8-16(15(11-14)21(22,23)24)26-20(28)18-19(27)17(29-2)9-10-25-18/h3-11,27H,1-2H3,(H,26,28). The average Bonchev–Trinajstić information content (AvgIpc) is 2.70. The van der Waals surface area contributed by atoms with Gasteiger partial charge in [0.15, 0.2) is 17.2 Å². The quantitative estimate of drug-likeness (QED) is 0.598. The van der Waals surface area contributed by atoms with Crippen LogP contribution < -0.4 is 14.8 Å². The van der Waals surface area contributed by atoms with E-state index in [0.717, 1.165) is 17.7 Å². The topological polar surface area (TPSA) is 80.7 Å². The highest BCUT2D eigenvalue weighted by Crippen LogP contribution is 2.38. The Morgan fingerprint density at radius 2 is 1.73 bits per heavy atom. The first kappa shape index (κ1) is 21.0. The minimum absolute atomic E-state index is 0.0342. The third kappa shape index (κ3) is 4.62. The van der Waals surface area contributed by atoms with Crippen molar-refractivity contribution in [3.8, 4) is 23.0 Å². The first-order chi connectivity index (χ1) is 14.2. The van der Waals surface area contributed by atoms with Crippen LogP contribution in [0.5, 0.6) is 23.0 Å². The zero-order valence-corrected chi connectivity index (χ0v) is 15.9. The van der Waals surface area contributed by atoms with Gasteiger partial charge in [-0.05, 0) is 37.3 Å². The molecule has 0 saturated carbocycles. The minimum atomic E-state index is -4.76. The summed E-state index contributed by atoms with van der Waals surface area (Å²) in [5.74, 6) is -1.31. The summed E-state index contributed by atoms with van der Waals surface area (Å²) in [6.07, 6.45) is -3.57. The maximum atomic E-state index is 13.6. The van der Waals surface area contributed by atoms with Gasteiger partial charge in [-0.25, -0.2) is 4.98 Å². The number of amides is 1. The van der Waals surface area contributed by atoms with Crippen molar-refractivity contribution < 1.29 is 32.5 Å². The zero-order valence-electron chi connectivity index (χ0n) is 15.9. The fourth-order valence-electron chi connectivity index (χ4n) is 2.62. The lowest BCUT2D eigenvalue weighted by molar-refractivity contribution is -0.137. The number of nitrogens with zero attached hydrogens (tertiary/aromatic N) is 1. The first-order valence-electron chi connectivity index (χ1n) is 8.68. The van der Waals surface area contributed by atoms with Crippen LogP contribution in [0.1, 0.15) is 21.6 Å². The highest BCUT2D eigenvalue weighted by Gasteiger charge is 2.35. The molecular formula is C21H17F3N2O4. The monoisotopic (exact) mass is 418 g/mol. The second kappa shape index (κ2) is 8.32. The van der Waals surface area contributed by atoms with Crippen LogP contribution in [0.2, 0.25) is 0 Å². The van der Waals surface area contributed by atoms with E-state index in [2.05, 4.69) is 10.3 Å². The summed E-state index contributed by atoms with van der Waals surface area (Å²) in [6, 6.07) is 11.3. The van der Waals surface area contributed by atoms with Crippen LogP contribution in [0.4, 0.5) is 18.9 Å². The normalized spacial score (nSPS) is 11.1. The molecule has 156 valence electrons. The van der Waals surface area contributed by atoms with Crippen molar-refractivity contribution in [1.82, 2.24) is 4.98 Å². The van der Waals surface area contributed by atoms with Crippen LogP contribution in [0, 0.1) is 6.92 Å². The molecule has 0 spiro atoms. The predicted molar refractivity (Wildman–Crippen MR) is 103 cm³/mol. The fourth-order valence-corrected chi connectivity index (χ4v) is 2.62. The fraction of sp³-hybridized carbons (Fsp3) is 0.143. The maximum absolute atomic E-state index is 13.6. The first-order valence-corrected chi connectivity index (χ1v) is 8.68. The van der Waals surface area contributed by atoms with Crippen molar-refractivity contribution in [3.63, 3.8) is 0 Å². The minimum Gasteiger partial charge on any atom is -0.503 e. The molecular weight excluding hydrogens is 401 g/mol. The number of methoxy groups -OCH3 is 1. The maximum Gasteiger partial charge on any atom is 0.418 e. The lowest BCUT2D eigenvalue weighted by Gasteiger charge is -2.16. The van der Waals surface area contributed by atoms with Gasteiger partial charge in [-0.15, -0.1) is 0 Å². The number of halogens is 3. The molecule has 3 rings (SSSR count). The zero-order chi connectivity index (χ0) is 21.9. The van der Waals surface area contributed by atoms with Gasteiger partial charge in [0.2, 0.25) is 0 Å². The Morgan fingerprint density at radius 1 is 1.07 bits per heavy atom. The van der Waals surface area contributed by atoms with Gasteiger partial charge in [-0.3, -0.25) is 4.79 Å². The molecule has 9 heteroatoms. The van der Waals surface area contributed by atoms with E-state index in [0.29, 0.717) is 5.75 Å². The Balaban J connectivity index is 1.91.